The van der Waals surface area contributed by atoms with Gasteiger partial charge in [0.15, 0.2) is 0 Å². The van der Waals surface area contributed by atoms with Crippen molar-refractivity contribution in [2.75, 3.05) is 26.7 Å². The van der Waals surface area contributed by atoms with Crippen molar-refractivity contribution in [2.24, 2.45) is 5.73 Å². The minimum atomic E-state index is 0.273. The van der Waals surface area contributed by atoms with E-state index in [2.05, 4.69) is 18.9 Å². The highest BCUT2D eigenvalue weighted by atomic mass is 35.5. The lowest BCUT2D eigenvalue weighted by Gasteiger charge is -2.36. The van der Waals surface area contributed by atoms with Gasteiger partial charge in [0.1, 0.15) is 11.9 Å². The van der Waals surface area contributed by atoms with Crippen molar-refractivity contribution in [1.82, 2.24) is 4.90 Å². The van der Waals surface area contributed by atoms with E-state index in [-0.39, 0.29) is 6.10 Å². The van der Waals surface area contributed by atoms with Gasteiger partial charge in [0, 0.05) is 13.1 Å². The Morgan fingerprint density at radius 2 is 2.24 bits per heavy atom. The Kier molecular flexibility index (Phi) is 3.92. The Bertz CT molecular complexity index is 391. The van der Waals surface area contributed by atoms with E-state index in [0.29, 0.717) is 17.5 Å². The molecule has 2 rings (SSSR count). The summed E-state index contributed by atoms with van der Waals surface area (Å²) in [6.07, 6.45) is 0.273. The molecule has 0 radical (unpaired) electrons. The molecular formula is C13H19ClN2O. The minimum absolute atomic E-state index is 0.273. The second-order valence-corrected chi connectivity index (χ2v) is 5.19. The first kappa shape index (κ1) is 12.7. The molecule has 94 valence electrons. The molecule has 0 bridgehead atoms. The molecule has 0 saturated carbocycles. The van der Waals surface area contributed by atoms with Gasteiger partial charge in [-0.2, -0.15) is 0 Å². The van der Waals surface area contributed by atoms with Crippen molar-refractivity contribution < 1.29 is 4.74 Å². The Morgan fingerprint density at radius 3 is 2.76 bits per heavy atom. The van der Waals surface area contributed by atoms with Crippen LogP contribution in [-0.2, 0) is 0 Å². The lowest BCUT2D eigenvalue weighted by molar-refractivity contribution is 0.0389. The summed E-state index contributed by atoms with van der Waals surface area (Å²) < 4.78 is 5.82. The summed E-state index contributed by atoms with van der Waals surface area (Å²) in [6, 6.07) is 5.94. The number of benzene rings is 1. The molecule has 2 N–H and O–H groups in total. The molecular weight excluding hydrogens is 236 g/mol. The Hall–Kier alpha value is -0.770. The number of hydrogen-bond donors (Lipinski definition) is 1. The number of halogens is 1. The van der Waals surface area contributed by atoms with E-state index in [1.54, 1.807) is 0 Å². The van der Waals surface area contributed by atoms with Crippen LogP contribution in [0.15, 0.2) is 18.2 Å². The van der Waals surface area contributed by atoms with Gasteiger partial charge >= 0.3 is 0 Å². The molecule has 1 fully saturated rings. The molecule has 17 heavy (non-hydrogen) atoms. The van der Waals surface area contributed by atoms with Crippen molar-refractivity contribution in [3.63, 3.8) is 0 Å². The first-order chi connectivity index (χ1) is 8.10. The summed E-state index contributed by atoms with van der Waals surface area (Å²) in [5.74, 6) is 1.11. The summed E-state index contributed by atoms with van der Waals surface area (Å²) in [7, 11) is 2.08. The third-order valence-electron chi connectivity index (χ3n) is 3.20. The van der Waals surface area contributed by atoms with Crippen molar-refractivity contribution in [2.45, 2.75) is 18.9 Å². The van der Waals surface area contributed by atoms with Gasteiger partial charge < -0.3 is 10.5 Å². The van der Waals surface area contributed by atoms with Crippen LogP contribution in [0.1, 0.15) is 18.4 Å². The van der Waals surface area contributed by atoms with Crippen LogP contribution in [0, 0.1) is 0 Å². The average molecular weight is 255 g/mol. The fraction of sp³-hybridized carbons (Fsp3) is 0.538. The summed E-state index contributed by atoms with van der Waals surface area (Å²) in [4.78, 5) is 2.21. The zero-order valence-corrected chi connectivity index (χ0v) is 11.1. The van der Waals surface area contributed by atoms with Crippen LogP contribution >= 0.6 is 11.6 Å². The van der Waals surface area contributed by atoms with Crippen LogP contribution in [0.4, 0.5) is 0 Å². The predicted molar refractivity (Wildman–Crippen MR) is 70.8 cm³/mol. The molecule has 0 amide bonds. The van der Waals surface area contributed by atoms with Gasteiger partial charge in [-0.25, -0.2) is 0 Å². The average Bonchev–Trinajstić information content (AvgIpc) is 2.28. The van der Waals surface area contributed by atoms with Gasteiger partial charge in [0.05, 0.1) is 5.02 Å². The third kappa shape index (κ3) is 2.92. The van der Waals surface area contributed by atoms with Crippen LogP contribution in [0.25, 0.3) is 0 Å². The van der Waals surface area contributed by atoms with Crippen molar-refractivity contribution in [3.8, 4) is 5.75 Å². The van der Waals surface area contributed by atoms with Crippen LogP contribution < -0.4 is 10.5 Å². The molecule has 1 heterocycles. The second kappa shape index (κ2) is 5.25. The predicted octanol–water partition coefficient (Wildman–Crippen LogP) is 2.10. The maximum Gasteiger partial charge on any atom is 0.138 e. The van der Waals surface area contributed by atoms with E-state index < -0.39 is 0 Å². The molecule has 1 unspecified atom stereocenters. The highest BCUT2D eigenvalue weighted by Gasteiger charge is 2.25. The number of likely N-dealkylation sites (N-methyl/N-ethyl adjacent to an activating group) is 1. The molecule has 1 saturated heterocycles. The minimum Gasteiger partial charge on any atom is -0.486 e. The van der Waals surface area contributed by atoms with E-state index in [0.717, 1.165) is 24.4 Å². The van der Waals surface area contributed by atoms with E-state index >= 15 is 0 Å². The molecule has 1 atom stereocenters. The molecule has 4 heteroatoms. The lowest BCUT2D eigenvalue weighted by Crippen LogP contribution is -2.51. The zero-order valence-electron chi connectivity index (χ0n) is 10.3. The number of rotatable bonds is 4. The second-order valence-electron chi connectivity index (χ2n) is 4.79. The topological polar surface area (TPSA) is 38.5 Å². The number of nitrogens with two attached hydrogens (primary N) is 1. The standard InChI is InChI=1S/C13H19ClN2O/c1-9(6-15)10-3-4-13(12(14)5-10)17-11-7-16(2)8-11/h3-5,9,11H,6-8,15H2,1-2H3. The molecule has 0 aromatic heterocycles. The van der Waals surface area contributed by atoms with Crippen molar-refractivity contribution >= 4 is 11.6 Å². The Labute approximate surface area is 107 Å². The quantitative estimate of drug-likeness (QED) is 0.894. The van der Waals surface area contributed by atoms with Gasteiger partial charge in [-0.05, 0) is 37.2 Å². The third-order valence-corrected chi connectivity index (χ3v) is 3.50. The highest BCUT2D eigenvalue weighted by Crippen LogP contribution is 2.30. The number of ether oxygens (including phenoxy) is 1. The fourth-order valence-electron chi connectivity index (χ4n) is 1.95. The maximum atomic E-state index is 6.21. The van der Waals surface area contributed by atoms with Crippen LogP contribution in [0.5, 0.6) is 5.75 Å². The van der Waals surface area contributed by atoms with E-state index in [9.17, 15) is 0 Å². The highest BCUT2D eigenvalue weighted by molar-refractivity contribution is 6.32. The van der Waals surface area contributed by atoms with E-state index in [1.165, 1.54) is 0 Å². The number of hydrogen-bond acceptors (Lipinski definition) is 3. The van der Waals surface area contributed by atoms with Crippen molar-refractivity contribution in [1.29, 1.82) is 0 Å². The van der Waals surface area contributed by atoms with Gasteiger partial charge in [-0.3, -0.25) is 4.90 Å². The van der Waals surface area contributed by atoms with E-state index in [4.69, 9.17) is 22.1 Å². The SMILES string of the molecule is CC(CN)c1ccc(OC2CN(C)C2)c(Cl)c1. The molecule has 1 aromatic rings. The number of likely N-dealkylation sites (tertiary alicyclic amines) is 1. The zero-order chi connectivity index (χ0) is 12.4. The molecule has 0 aliphatic carbocycles. The molecule has 0 spiro atoms. The Morgan fingerprint density at radius 1 is 1.53 bits per heavy atom. The van der Waals surface area contributed by atoms with Crippen LogP contribution in [-0.4, -0.2) is 37.7 Å². The van der Waals surface area contributed by atoms with Gasteiger partial charge in [-0.15, -0.1) is 0 Å². The summed E-state index contributed by atoms with van der Waals surface area (Å²) in [5, 5.41) is 0.678. The van der Waals surface area contributed by atoms with E-state index in [1.807, 2.05) is 18.2 Å². The normalized spacial score (nSPS) is 18.8. The lowest BCUT2D eigenvalue weighted by atomic mass is 10.0. The largest absolute Gasteiger partial charge is 0.486 e. The van der Waals surface area contributed by atoms with Gasteiger partial charge in [0.25, 0.3) is 0 Å². The molecule has 3 nitrogen and oxygen atoms in total. The summed E-state index contributed by atoms with van der Waals surface area (Å²) in [5.41, 5.74) is 6.80. The Balaban J connectivity index is 2.04. The van der Waals surface area contributed by atoms with Crippen molar-refractivity contribution in [3.05, 3.63) is 28.8 Å². The van der Waals surface area contributed by atoms with Crippen LogP contribution in [0.2, 0.25) is 5.02 Å². The summed E-state index contributed by atoms with van der Waals surface area (Å²) in [6.45, 7) is 4.66. The summed E-state index contributed by atoms with van der Waals surface area (Å²) >= 11 is 6.21. The maximum absolute atomic E-state index is 6.21. The first-order valence-electron chi connectivity index (χ1n) is 5.95. The smallest absolute Gasteiger partial charge is 0.138 e. The van der Waals surface area contributed by atoms with Gasteiger partial charge in [0.2, 0.25) is 0 Å². The molecule has 1 aliphatic rings. The monoisotopic (exact) mass is 254 g/mol. The number of nitrogens with zero attached hydrogens (tertiary/aromatic N) is 1. The first-order valence-corrected chi connectivity index (χ1v) is 6.32. The molecule has 1 aliphatic heterocycles. The fourth-order valence-corrected chi connectivity index (χ4v) is 2.18. The van der Waals surface area contributed by atoms with Gasteiger partial charge in [-0.1, -0.05) is 24.6 Å². The van der Waals surface area contributed by atoms with Crippen LogP contribution in [0.3, 0.4) is 0 Å². The molecule has 1 aromatic carbocycles.